The number of aliphatic carboxylic acids is 1. The maximum Gasteiger partial charge on any atom is 0.317 e. The van der Waals surface area contributed by atoms with Crippen LogP contribution in [0.15, 0.2) is 24.3 Å². The summed E-state index contributed by atoms with van der Waals surface area (Å²) in [5.74, 6) is -1.05. The van der Waals surface area contributed by atoms with E-state index in [9.17, 15) is 9.59 Å². The van der Waals surface area contributed by atoms with Crippen LogP contribution in [0.3, 0.4) is 0 Å². The third-order valence-electron chi connectivity index (χ3n) is 3.03. The molecular formula is C13H16N2O3. The van der Waals surface area contributed by atoms with Gasteiger partial charge in [0.15, 0.2) is 0 Å². The van der Waals surface area contributed by atoms with Gasteiger partial charge in [0.25, 0.3) is 0 Å². The first-order chi connectivity index (χ1) is 8.59. The lowest BCUT2D eigenvalue weighted by Gasteiger charge is -2.22. The quantitative estimate of drug-likeness (QED) is 0.820. The maximum atomic E-state index is 12.1. The molecule has 1 aliphatic rings. The van der Waals surface area contributed by atoms with Crippen LogP contribution in [-0.4, -0.2) is 36.1 Å². The summed E-state index contributed by atoms with van der Waals surface area (Å²) in [6.07, 6.45) is 0.848. The number of carbonyl (C=O) groups is 2. The molecule has 1 aliphatic heterocycles. The van der Waals surface area contributed by atoms with Crippen LogP contribution in [-0.2, 0) is 16.0 Å². The standard InChI is InChI=1S/C13H16N2O3/c1-9-6-10-4-2-3-5-11(10)15(9)12(16)7-14-8-13(17)18/h2-5,9,14H,6-8H2,1H3,(H,17,18). The normalized spacial score (nSPS) is 17.6. The smallest absolute Gasteiger partial charge is 0.317 e. The van der Waals surface area contributed by atoms with E-state index in [1.165, 1.54) is 0 Å². The van der Waals surface area contributed by atoms with Crippen LogP contribution >= 0.6 is 0 Å². The summed E-state index contributed by atoms with van der Waals surface area (Å²) in [6, 6.07) is 7.93. The van der Waals surface area contributed by atoms with Gasteiger partial charge in [-0.3, -0.25) is 14.9 Å². The SMILES string of the molecule is CC1Cc2ccccc2N1C(=O)CNCC(=O)O. The number of nitrogens with zero attached hydrogens (tertiary/aromatic N) is 1. The minimum atomic E-state index is -0.960. The van der Waals surface area contributed by atoms with E-state index < -0.39 is 5.97 Å². The van der Waals surface area contributed by atoms with E-state index in [0.717, 1.165) is 17.7 Å². The van der Waals surface area contributed by atoms with E-state index in [0.29, 0.717) is 0 Å². The molecule has 1 aromatic rings. The van der Waals surface area contributed by atoms with Gasteiger partial charge in [-0.1, -0.05) is 18.2 Å². The Morgan fingerprint density at radius 1 is 1.39 bits per heavy atom. The van der Waals surface area contributed by atoms with Crippen LogP contribution < -0.4 is 10.2 Å². The Labute approximate surface area is 105 Å². The summed E-state index contributed by atoms with van der Waals surface area (Å²) in [5.41, 5.74) is 2.10. The molecule has 0 aliphatic carbocycles. The van der Waals surface area contributed by atoms with Gasteiger partial charge < -0.3 is 10.0 Å². The van der Waals surface area contributed by atoms with Gasteiger partial charge in [-0.2, -0.15) is 0 Å². The van der Waals surface area contributed by atoms with Gasteiger partial charge in [-0.05, 0) is 25.0 Å². The van der Waals surface area contributed by atoms with E-state index >= 15 is 0 Å². The highest BCUT2D eigenvalue weighted by Crippen LogP contribution is 2.31. The summed E-state index contributed by atoms with van der Waals surface area (Å²) in [4.78, 5) is 24.2. The maximum absolute atomic E-state index is 12.1. The molecule has 1 aromatic carbocycles. The molecule has 2 rings (SSSR count). The number of carboxylic acid groups (broad SMARTS) is 1. The average Bonchev–Trinajstić information content (AvgIpc) is 2.64. The summed E-state index contributed by atoms with van der Waals surface area (Å²) < 4.78 is 0. The van der Waals surface area contributed by atoms with Crippen molar-refractivity contribution in [2.24, 2.45) is 0 Å². The number of nitrogens with one attached hydrogen (secondary N) is 1. The fraction of sp³-hybridized carbons (Fsp3) is 0.385. The highest BCUT2D eigenvalue weighted by Gasteiger charge is 2.29. The fourth-order valence-electron chi connectivity index (χ4n) is 2.31. The number of amides is 1. The van der Waals surface area contributed by atoms with Crippen molar-refractivity contribution in [3.05, 3.63) is 29.8 Å². The van der Waals surface area contributed by atoms with E-state index in [1.54, 1.807) is 4.90 Å². The van der Waals surface area contributed by atoms with E-state index in [4.69, 9.17) is 5.11 Å². The Hall–Kier alpha value is -1.88. The van der Waals surface area contributed by atoms with Crippen molar-refractivity contribution in [2.45, 2.75) is 19.4 Å². The molecule has 5 heteroatoms. The van der Waals surface area contributed by atoms with E-state index in [1.807, 2.05) is 31.2 Å². The second-order valence-electron chi connectivity index (χ2n) is 4.44. The van der Waals surface area contributed by atoms with Gasteiger partial charge in [-0.25, -0.2) is 0 Å². The van der Waals surface area contributed by atoms with Gasteiger partial charge in [0.05, 0.1) is 13.1 Å². The van der Waals surface area contributed by atoms with E-state index in [2.05, 4.69) is 5.32 Å². The molecule has 0 radical (unpaired) electrons. The molecule has 0 fully saturated rings. The number of hydrogen-bond acceptors (Lipinski definition) is 3. The molecule has 1 unspecified atom stereocenters. The monoisotopic (exact) mass is 248 g/mol. The summed E-state index contributed by atoms with van der Waals surface area (Å²) in [5, 5.41) is 11.1. The molecular weight excluding hydrogens is 232 g/mol. The number of rotatable bonds is 4. The number of carbonyl (C=O) groups excluding carboxylic acids is 1. The molecule has 0 aromatic heterocycles. The summed E-state index contributed by atoms with van der Waals surface area (Å²) >= 11 is 0. The van der Waals surface area contributed by atoms with Gasteiger partial charge in [0, 0.05) is 11.7 Å². The van der Waals surface area contributed by atoms with Crippen molar-refractivity contribution >= 4 is 17.6 Å². The topological polar surface area (TPSA) is 69.6 Å². The lowest BCUT2D eigenvalue weighted by molar-refractivity contribution is -0.135. The number of anilines is 1. The van der Waals surface area contributed by atoms with E-state index in [-0.39, 0.29) is 25.0 Å². The molecule has 1 atom stereocenters. The Balaban J connectivity index is 2.04. The fourth-order valence-corrected chi connectivity index (χ4v) is 2.31. The average molecular weight is 248 g/mol. The molecule has 0 saturated carbocycles. The van der Waals surface area contributed by atoms with Crippen LogP contribution in [0.1, 0.15) is 12.5 Å². The molecule has 2 N–H and O–H groups in total. The second kappa shape index (κ2) is 5.18. The second-order valence-corrected chi connectivity index (χ2v) is 4.44. The first kappa shape index (κ1) is 12.6. The molecule has 0 bridgehead atoms. The Bertz CT molecular complexity index is 473. The first-order valence-corrected chi connectivity index (χ1v) is 5.92. The van der Waals surface area contributed by atoms with Crippen molar-refractivity contribution in [3.8, 4) is 0 Å². The first-order valence-electron chi connectivity index (χ1n) is 5.92. The van der Waals surface area contributed by atoms with Crippen molar-refractivity contribution in [1.82, 2.24) is 5.32 Å². The molecule has 0 saturated heterocycles. The highest BCUT2D eigenvalue weighted by molar-refractivity contribution is 5.97. The van der Waals surface area contributed by atoms with Gasteiger partial charge in [-0.15, -0.1) is 0 Å². The lowest BCUT2D eigenvalue weighted by Crippen LogP contribution is -2.42. The van der Waals surface area contributed by atoms with Crippen LogP contribution in [0.25, 0.3) is 0 Å². The van der Waals surface area contributed by atoms with Crippen LogP contribution in [0, 0.1) is 0 Å². The molecule has 5 nitrogen and oxygen atoms in total. The Morgan fingerprint density at radius 2 is 2.11 bits per heavy atom. The van der Waals surface area contributed by atoms with Crippen LogP contribution in [0.2, 0.25) is 0 Å². The van der Waals surface area contributed by atoms with Crippen molar-refractivity contribution < 1.29 is 14.7 Å². The zero-order valence-corrected chi connectivity index (χ0v) is 10.2. The molecule has 18 heavy (non-hydrogen) atoms. The van der Waals surface area contributed by atoms with Crippen LogP contribution in [0.4, 0.5) is 5.69 Å². The summed E-state index contributed by atoms with van der Waals surface area (Å²) in [6.45, 7) is 1.84. The third kappa shape index (κ3) is 2.51. The number of benzene rings is 1. The molecule has 1 amide bonds. The zero-order chi connectivity index (χ0) is 13.1. The predicted molar refractivity (Wildman–Crippen MR) is 67.6 cm³/mol. The minimum absolute atomic E-state index is 0.0466. The zero-order valence-electron chi connectivity index (χ0n) is 10.2. The molecule has 0 spiro atoms. The van der Waals surface area contributed by atoms with Gasteiger partial charge >= 0.3 is 5.97 Å². The lowest BCUT2D eigenvalue weighted by atomic mass is 10.1. The van der Waals surface area contributed by atoms with Crippen molar-refractivity contribution in [3.63, 3.8) is 0 Å². The molecule has 1 heterocycles. The minimum Gasteiger partial charge on any atom is -0.480 e. The number of hydrogen-bond donors (Lipinski definition) is 2. The summed E-state index contributed by atoms with van der Waals surface area (Å²) in [7, 11) is 0. The molecule has 96 valence electrons. The van der Waals surface area contributed by atoms with Gasteiger partial charge in [0.2, 0.25) is 5.91 Å². The van der Waals surface area contributed by atoms with Crippen molar-refractivity contribution in [1.29, 1.82) is 0 Å². The Morgan fingerprint density at radius 3 is 2.83 bits per heavy atom. The van der Waals surface area contributed by atoms with Crippen molar-refractivity contribution in [2.75, 3.05) is 18.0 Å². The third-order valence-corrected chi connectivity index (χ3v) is 3.03. The Kier molecular flexibility index (Phi) is 3.62. The van der Waals surface area contributed by atoms with Crippen LogP contribution in [0.5, 0.6) is 0 Å². The highest BCUT2D eigenvalue weighted by atomic mass is 16.4. The van der Waals surface area contributed by atoms with Gasteiger partial charge in [0.1, 0.15) is 0 Å². The number of carboxylic acids is 1. The largest absolute Gasteiger partial charge is 0.480 e. The number of fused-ring (bicyclic) bond motifs is 1. The number of para-hydroxylation sites is 1. The predicted octanol–water partition coefficient (Wildman–Crippen LogP) is 0.638.